The number of carbonyl (C=O) groups excluding carboxylic acids is 2. The molecule has 1 aromatic heterocycles. The van der Waals surface area contributed by atoms with E-state index < -0.39 is 6.04 Å². The number of thioether (sulfide) groups is 1. The van der Waals surface area contributed by atoms with E-state index >= 15 is 0 Å². The first-order valence-electron chi connectivity index (χ1n) is 9.08. The van der Waals surface area contributed by atoms with Crippen molar-refractivity contribution in [3.8, 4) is 0 Å². The average molecular weight is 396 g/mol. The molecule has 1 amide bonds. The van der Waals surface area contributed by atoms with Gasteiger partial charge < -0.3 is 15.8 Å². The molecule has 146 valence electrons. The van der Waals surface area contributed by atoms with Gasteiger partial charge in [-0.15, -0.1) is 11.8 Å². The lowest BCUT2D eigenvalue weighted by Gasteiger charge is -2.11. The molecule has 3 rings (SSSR count). The third-order valence-electron chi connectivity index (χ3n) is 4.04. The molecule has 0 saturated carbocycles. The molecule has 5 nitrogen and oxygen atoms in total. The lowest BCUT2D eigenvalue weighted by atomic mass is 10.1. The predicted octanol–water partition coefficient (Wildman–Crippen LogP) is 4.32. The van der Waals surface area contributed by atoms with Crippen LogP contribution in [0.4, 0.5) is 5.69 Å². The van der Waals surface area contributed by atoms with Crippen LogP contribution in [-0.2, 0) is 4.79 Å². The first-order chi connectivity index (χ1) is 13.6. The van der Waals surface area contributed by atoms with E-state index in [4.69, 9.17) is 5.73 Å². The number of benzene rings is 2. The fraction of sp³-hybridized carbons (Fsp3) is 0.227. The molecule has 1 heterocycles. The molecule has 1 unspecified atom stereocenters. The van der Waals surface area contributed by atoms with Gasteiger partial charge in [-0.05, 0) is 43.0 Å². The number of carbonyl (C=O) groups is 2. The number of para-hydroxylation sites is 1. The van der Waals surface area contributed by atoms with E-state index in [0.29, 0.717) is 17.7 Å². The Morgan fingerprint density at radius 1 is 1.21 bits per heavy atom. The third kappa shape index (κ3) is 6.09. The van der Waals surface area contributed by atoms with Crippen LogP contribution in [0.2, 0.25) is 0 Å². The average Bonchev–Trinajstić information content (AvgIpc) is 2.73. The lowest BCUT2D eigenvalue weighted by molar-refractivity contribution is -0.109. The summed E-state index contributed by atoms with van der Waals surface area (Å²) >= 11 is 1.74. The molecule has 0 fully saturated rings. The molecule has 3 N–H and O–H groups in total. The Kier molecular flexibility index (Phi) is 8.49. The minimum absolute atomic E-state index is 0.266. The molecule has 1 atom stereocenters. The number of nitrogens with zero attached hydrogens (tertiary/aromatic N) is 1. The quantitative estimate of drug-likeness (QED) is 0.369. The van der Waals surface area contributed by atoms with E-state index in [0.717, 1.165) is 18.2 Å². The van der Waals surface area contributed by atoms with Crippen molar-refractivity contribution in [3.63, 3.8) is 0 Å². The highest BCUT2D eigenvalue weighted by molar-refractivity contribution is 7.98. The molecule has 28 heavy (non-hydrogen) atoms. The van der Waals surface area contributed by atoms with Crippen LogP contribution in [0.1, 0.15) is 30.1 Å². The SMILES string of the molecule is CCCC(C=O)NC(=O)c1cccc(N)c1.CSc1cccc2cccnc12. The van der Waals surface area contributed by atoms with Crippen LogP contribution in [0, 0.1) is 0 Å². The minimum atomic E-state index is -0.418. The number of nitrogen functional groups attached to an aromatic ring is 1. The van der Waals surface area contributed by atoms with Crippen molar-refractivity contribution in [1.82, 2.24) is 10.3 Å². The molecule has 3 aromatic rings. The highest BCUT2D eigenvalue weighted by Crippen LogP contribution is 2.23. The summed E-state index contributed by atoms with van der Waals surface area (Å²) in [4.78, 5) is 28.0. The molecule has 0 radical (unpaired) electrons. The second-order valence-electron chi connectivity index (χ2n) is 6.17. The van der Waals surface area contributed by atoms with Gasteiger partial charge in [0.15, 0.2) is 0 Å². The summed E-state index contributed by atoms with van der Waals surface area (Å²) in [6.07, 6.45) is 6.16. The van der Waals surface area contributed by atoms with Crippen molar-refractivity contribution in [2.75, 3.05) is 12.0 Å². The largest absolute Gasteiger partial charge is 0.399 e. The number of amides is 1. The summed E-state index contributed by atoms with van der Waals surface area (Å²) in [6, 6.07) is 16.5. The van der Waals surface area contributed by atoms with Crippen LogP contribution in [0.25, 0.3) is 10.9 Å². The summed E-state index contributed by atoms with van der Waals surface area (Å²) in [5, 5.41) is 3.86. The summed E-state index contributed by atoms with van der Waals surface area (Å²) in [5.41, 5.74) is 7.68. The Balaban J connectivity index is 0.000000207. The van der Waals surface area contributed by atoms with Gasteiger partial charge in [0.1, 0.15) is 6.29 Å². The number of anilines is 1. The maximum absolute atomic E-state index is 11.7. The van der Waals surface area contributed by atoms with E-state index in [2.05, 4.69) is 40.8 Å². The van der Waals surface area contributed by atoms with Gasteiger partial charge in [-0.25, -0.2) is 0 Å². The Bertz CT molecular complexity index is 925. The summed E-state index contributed by atoms with van der Waals surface area (Å²) < 4.78 is 0. The number of fused-ring (bicyclic) bond motifs is 1. The topological polar surface area (TPSA) is 85.1 Å². The molecule has 2 aromatic carbocycles. The number of rotatable bonds is 6. The zero-order chi connectivity index (χ0) is 20.4. The monoisotopic (exact) mass is 395 g/mol. The zero-order valence-corrected chi connectivity index (χ0v) is 16.9. The van der Waals surface area contributed by atoms with Gasteiger partial charge in [0, 0.05) is 27.7 Å². The maximum Gasteiger partial charge on any atom is 0.251 e. The number of hydrogen-bond donors (Lipinski definition) is 2. The zero-order valence-electron chi connectivity index (χ0n) is 16.1. The standard InChI is InChI=1S/C12H16N2O2.C10H9NS/c1-2-4-11(8-15)14-12(16)9-5-3-6-10(13)7-9;1-12-9-6-2-4-8-5-3-7-11-10(8)9/h3,5-8,11H,2,4,13H2,1H3,(H,14,16);2-7H,1H3. The second-order valence-corrected chi connectivity index (χ2v) is 7.01. The molecular weight excluding hydrogens is 370 g/mol. The second kappa shape index (κ2) is 11.1. The molecule has 0 aliphatic rings. The molecule has 0 saturated heterocycles. The van der Waals surface area contributed by atoms with Gasteiger partial charge in [-0.2, -0.15) is 0 Å². The highest BCUT2D eigenvalue weighted by atomic mass is 32.2. The van der Waals surface area contributed by atoms with Gasteiger partial charge in [0.05, 0.1) is 11.6 Å². The normalized spacial score (nSPS) is 11.2. The van der Waals surface area contributed by atoms with E-state index in [1.54, 1.807) is 36.0 Å². The number of hydrogen-bond acceptors (Lipinski definition) is 5. The molecule has 6 heteroatoms. The van der Waals surface area contributed by atoms with Gasteiger partial charge in [-0.3, -0.25) is 9.78 Å². The number of pyridine rings is 1. The van der Waals surface area contributed by atoms with E-state index in [9.17, 15) is 9.59 Å². The smallest absolute Gasteiger partial charge is 0.251 e. The van der Waals surface area contributed by atoms with E-state index in [1.165, 1.54) is 10.3 Å². The summed E-state index contributed by atoms with van der Waals surface area (Å²) in [5.74, 6) is -0.266. The lowest BCUT2D eigenvalue weighted by Crippen LogP contribution is -2.35. The molecule has 0 bridgehead atoms. The predicted molar refractivity (Wildman–Crippen MR) is 117 cm³/mol. The van der Waals surface area contributed by atoms with Crippen molar-refractivity contribution in [2.45, 2.75) is 30.7 Å². The van der Waals surface area contributed by atoms with Crippen molar-refractivity contribution in [3.05, 3.63) is 66.4 Å². The highest BCUT2D eigenvalue weighted by Gasteiger charge is 2.11. The molecule has 0 aliphatic carbocycles. The minimum Gasteiger partial charge on any atom is -0.399 e. The summed E-state index contributed by atoms with van der Waals surface area (Å²) in [6.45, 7) is 1.96. The Labute approximate surface area is 169 Å². The first kappa shape index (κ1) is 21.4. The van der Waals surface area contributed by atoms with Crippen LogP contribution in [0.5, 0.6) is 0 Å². The fourth-order valence-corrected chi connectivity index (χ4v) is 3.24. The number of nitrogens with two attached hydrogens (primary N) is 1. The number of nitrogens with one attached hydrogen (secondary N) is 1. The molecular formula is C22H25N3O2S. The first-order valence-corrected chi connectivity index (χ1v) is 10.3. The van der Waals surface area contributed by atoms with Crippen LogP contribution in [-0.4, -0.2) is 29.5 Å². The molecule has 0 spiro atoms. The molecule has 0 aliphatic heterocycles. The van der Waals surface area contributed by atoms with Gasteiger partial charge in [0.2, 0.25) is 0 Å². The van der Waals surface area contributed by atoms with Crippen LogP contribution >= 0.6 is 11.8 Å². The van der Waals surface area contributed by atoms with Crippen LogP contribution in [0.15, 0.2) is 65.7 Å². The van der Waals surface area contributed by atoms with Crippen LogP contribution < -0.4 is 11.1 Å². The van der Waals surface area contributed by atoms with Gasteiger partial charge in [0.25, 0.3) is 5.91 Å². The fourth-order valence-electron chi connectivity index (χ4n) is 2.66. The maximum atomic E-state index is 11.7. The Morgan fingerprint density at radius 3 is 2.64 bits per heavy atom. The van der Waals surface area contributed by atoms with Crippen LogP contribution in [0.3, 0.4) is 0 Å². The van der Waals surface area contributed by atoms with E-state index in [1.807, 2.05) is 19.2 Å². The Hall–Kier alpha value is -2.86. The van der Waals surface area contributed by atoms with Crippen molar-refractivity contribution in [1.29, 1.82) is 0 Å². The third-order valence-corrected chi connectivity index (χ3v) is 4.81. The Morgan fingerprint density at radius 2 is 1.96 bits per heavy atom. The van der Waals surface area contributed by atoms with Gasteiger partial charge >= 0.3 is 0 Å². The van der Waals surface area contributed by atoms with Gasteiger partial charge in [-0.1, -0.05) is 37.6 Å². The number of aldehydes is 1. The van der Waals surface area contributed by atoms with Crippen molar-refractivity contribution in [2.24, 2.45) is 0 Å². The van der Waals surface area contributed by atoms with Crippen molar-refractivity contribution >= 4 is 40.5 Å². The number of aromatic nitrogens is 1. The summed E-state index contributed by atoms with van der Waals surface area (Å²) in [7, 11) is 0. The van der Waals surface area contributed by atoms with E-state index in [-0.39, 0.29) is 5.91 Å². The van der Waals surface area contributed by atoms with Crippen molar-refractivity contribution < 1.29 is 9.59 Å².